The number of hydrogen-bond donors (Lipinski definition) is 1. The molecule has 0 aromatic rings. The van der Waals surface area contributed by atoms with Crippen molar-refractivity contribution in [2.45, 2.75) is 71.2 Å². The third-order valence-corrected chi connectivity index (χ3v) is 5.51. The number of piperidine rings is 2. The molecule has 0 aromatic heterocycles. The molecule has 2 saturated heterocycles. The van der Waals surface area contributed by atoms with Gasteiger partial charge < -0.3 is 25.0 Å². The SMILES string of the molecule is CCN(CCN)C(=O)CN1CCC(OC2CCN(C(=O)OC(C)(C)C)CC2)CC1. The first-order chi connectivity index (χ1) is 13.7. The number of likely N-dealkylation sites (N-methyl/N-ethyl adjacent to an activating group) is 1. The lowest BCUT2D eigenvalue weighted by Crippen LogP contribution is -2.47. The Morgan fingerprint density at radius 1 is 1.03 bits per heavy atom. The highest BCUT2D eigenvalue weighted by molar-refractivity contribution is 5.78. The molecule has 29 heavy (non-hydrogen) atoms. The zero-order valence-corrected chi connectivity index (χ0v) is 18.7. The monoisotopic (exact) mass is 412 g/mol. The molecule has 2 amide bonds. The van der Waals surface area contributed by atoms with Crippen LogP contribution in [0, 0.1) is 0 Å². The molecule has 0 bridgehead atoms. The number of nitrogens with zero attached hydrogens (tertiary/aromatic N) is 3. The van der Waals surface area contributed by atoms with E-state index in [-0.39, 0.29) is 24.2 Å². The summed E-state index contributed by atoms with van der Waals surface area (Å²) in [5.41, 5.74) is 5.12. The van der Waals surface area contributed by atoms with E-state index in [4.69, 9.17) is 15.2 Å². The summed E-state index contributed by atoms with van der Waals surface area (Å²) in [7, 11) is 0. The molecule has 0 unspecified atom stereocenters. The third-order valence-electron chi connectivity index (χ3n) is 5.51. The van der Waals surface area contributed by atoms with E-state index in [1.807, 2.05) is 32.6 Å². The van der Waals surface area contributed by atoms with Crippen molar-refractivity contribution < 1.29 is 19.1 Å². The van der Waals surface area contributed by atoms with Gasteiger partial charge in [-0.2, -0.15) is 0 Å². The second-order valence-electron chi connectivity index (χ2n) is 9.04. The van der Waals surface area contributed by atoms with Gasteiger partial charge >= 0.3 is 6.09 Å². The van der Waals surface area contributed by atoms with E-state index in [1.54, 1.807) is 4.90 Å². The van der Waals surface area contributed by atoms with Crippen molar-refractivity contribution in [3.63, 3.8) is 0 Å². The van der Waals surface area contributed by atoms with Gasteiger partial charge in [0, 0.05) is 45.8 Å². The molecular weight excluding hydrogens is 372 g/mol. The number of ether oxygens (including phenoxy) is 2. The Labute approximate surface area is 175 Å². The summed E-state index contributed by atoms with van der Waals surface area (Å²) in [5, 5.41) is 0. The second-order valence-corrected chi connectivity index (χ2v) is 9.04. The van der Waals surface area contributed by atoms with E-state index in [9.17, 15) is 9.59 Å². The smallest absolute Gasteiger partial charge is 0.410 e. The van der Waals surface area contributed by atoms with Crippen LogP contribution in [0.1, 0.15) is 53.4 Å². The molecule has 0 spiro atoms. The molecule has 2 aliphatic heterocycles. The van der Waals surface area contributed by atoms with Crippen LogP contribution in [0.25, 0.3) is 0 Å². The summed E-state index contributed by atoms with van der Waals surface area (Å²) in [4.78, 5) is 30.3. The van der Waals surface area contributed by atoms with Gasteiger partial charge in [0.05, 0.1) is 18.8 Å². The topological polar surface area (TPSA) is 88.3 Å². The molecule has 2 fully saturated rings. The number of hydrogen-bond acceptors (Lipinski definition) is 6. The van der Waals surface area contributed by atoms with Crippen LogP contribution < -0.4 is 5.73 Å². The zero-order chi connectivity index (χ0) is 21.4. The largest absolute Gasteiger partial charge is 0.444 e. The van der Waals surface area contributed by atoms with Gasteiger partial charge in [0.2, 0.25) is 5.91 Å². The fraction of sp³-hybridized carbons (Fsp3) is 0.905. The number of carbonyl (C=O) groups excluding carboxylic acids is 2. The van der Waals surface area contributed by atoms with Crippen molar-refractivity contribution in [2.24, 2.45) is 5.73 Å². The van der Waals surface area contributed by atoms with Gasteiger partial charge in [0.15, 0.2) is 0 Å². The summed E-state index contributed by atoms with van der Waals surface area (Å²) in [6.07, 6.45) is 3.80. The summed E-state index contributed by atoms with van der Waals surface area (Å²) in [6.45, 7) is 13.1. The van der Waals surface area contributed by atoms with E-state index < -0.39 is 5.60 Å². The summed E-state index contributed by atoms with van der Waals surface area (Å²) in [6, 6.07) is 0. The van der Waals surface area contributed by atoms with Crippen LogP contribution in [-0.2, 0) is 14.3 Å². The quantitative estimate of drug-likeness (QED) is 0.684. The van der Waals surface area contributed by atoms with E-state index in [2.05, 4.69) is 4.90 Å². The minimum atomic E-state index is -0.460. The Morgan fingerprint density at radius 2 is 1.59 bits per heavy atom. The maximum absolute atomic E-state index is 12.4. The Hall–Kier alpha value is -1.38. The molecule has 2 rings (SSSR count). The van der Waals surface area contributed by atoms with Gasteiger partial charge in [0.25, 0.3) is 0 Å². The fourth-order valence-corrected chi connectivity index (χ4v) is 3.88. The van der Waals surface area contributed by atoms with E-state index in [0.29, 0.717) is 39.3 Å². The number of likely N-dealkylation sites (tertiary alicyclic amines) is 2. The van der Waals surface area contributed by atoms with Gasteiger partial charge in [-0.1, -0.05) is 0 Å². The van der Waals surface area contributed by atoms with E-state index >= 15 is 0 Å². The molecule has 168 valence electrons. The van der Waals surface area contributed by atoms with Crippen LogP contribution >= 0.6 is 0 Å². The predicted octanol–water partition coefficient (Wildman–Crippen LogP) is 1.67. The van der Waals surface area contributed by atoms with Crippen LogP contribution in [-0.4, -0.2) is 96.9 Å². The number of amides is 2. The van der Waals surface area contributed by atoms with E-state index in [1.165, 1.54) is 0 Å². The molecule has 2 aliphatic rings. The molecule has 0 aliphatic carbocycles. The number of rotatable bonds is 7. The lowest BCUT2D eigenvalue weighted by molar-refractivity contribution is -0.133. The first-order valence-corrected chi connectivity index (χ1v) is 11.1. The standard InChI is InChI=1S/C21H40N4O4/c1-5-24(15-10-22)19(26)16-23-11-6-17(7-12-23)28-18-8-13-25(14-9-18)20(27)29-21(2,3)4/h17-18H,5-16,22H2,1-4H3. The van der Waals surface area contributed by atoms with Gasteiger partial charge in [-0.3, -0.25) is 9.69 Å². The average Bonchev–Trinajstić information content (AvgIpc) is 2.66. The fourth-order valence-electron chi connectivity index (χ4n) is 3.88. The first-order valence-electron chi connectivity index (χ1n) is 11.1. The molecule has 0 radical (unpaired) electrons. The highest BCUT2D eigenvalue weighted by Crippen LogP contribution is 2.22. The van der Waals surface area contributed by atoms with Gasteiger partial charge in [0.1, 0.15) is 5.60 Å². The molecule has 2 heterocycles. The maximum atomic E-state index is 12.4. The Bertz CT molecular complexity index is 521. The minimum Gasteiger partial charge on any atom is -0.444 e. The normalized spacial score (nSPS) is 20.0. The molecule has 0 atom stereocenters. The molecule has 8 heteroatoms. The average molecular weight is 413 g/mol. The maximum Gasteiger partial charge on any atom is 0.410 e. The molecule has 0 aromatic carbocycles. The van der Waals surface area contributed by atoms with Crippen molar-refractivity contribution in [3.05, 3.63) is 0 Å². The van der Waals surface area contributed by atoms with Gasteiger partial charge in [-0.15, -0.1) is 0 Å². The molecule has 0 saturated carbocycles. The molecule has 2 N–H and O–H groups in total. The third kappa shape index (κ3) is 8.10. The van der Waals surface area contributed by atoms with Crippen LogP contribution in [0.5, 0.6) is 0 Å². The lowest BCUT2D eigenvalue weighted by Gasteiger charge is -2.37. The Balaban J connectivity index is 1.66. The number of nitrogens with two attached hydrogens (primary N) is 1. The van der Waals surface area contributed by atoms with Crippen molar-refractivity contribution in [1.29, 1.82) is 0 Å². The van der Waals surface area contributed by atoms with Crippen LogP contribution in [0.4, 0.5) is 4.79 Å². The summed E-state index contributed by atoms with van der Waals surface area (Å²) >= 11 is 0. The van der Waals surface area contributed by atoms with Gasteiger partial charge in [-0.05, 0) is 53.4 Å². The van der Waals surface area contributed by atoms with Crippen molar-refractivity contribution in [2.75, 3.05) is 52.4 Å². The highest BCUT2D eigenvalue weighted by atomic mass is 16.6. The van der Waals surface area contributed by atoms with Crippen molar-refractivity contribution in [3.8, 4) is 0 Å². The van der Waals surface area contributed by atoms with Crippen LogP contribution in [0.15, 0.2) is 0 Å². The predicted molar refractivity (Wildman–Crippen MR) is 113 cm³/mol. The zero-order valence-electron chi connectivity index (χ0n) is 18.7. The van der Waals surface area contributed by atoms with E-state index in [0.717, 1.165) is 38.8 Å². The number of carbonyl (C=O) groups is 2. The minimum absolute atomic E-state index is 0.159. The van der Waals surface area contributed by atoms with Crippen molar-refractivity contribution >= 4 is 12.0 Å². The van der Waals surface area contributed by atoms with Crippen molar-refractivity contribution in [1.82, 2.24) is 14.7 Å². The van der Waals surface area contributed by atoms with Crippen LogP contribution in [0.2, 0.25) is 0 Å². The Kier molecular flexibility index (Phi) is 9.17. The molecular formula is C21H40N4O4. The summed E-state index contributed by atoms with van der Waals surface area (Å²) < 4.78 is 11.8. The highest BCUT2D eigenvalue weighted by Gasteiger charge is 2.30. The lowest BCUT2D eigenvalue weighted by atomic mass is 10.0. The second kappa shape index (κ2) is 11.1. The Morgan fingerprint density at radius 3 is 2.07 bits per heavy atom. The molecule has 8 nitrogen and oxygen atoms in total. The van der Waals surface area contributed by atoms with Crippen LogP contribution in [0.3, 0.4) is 0 Å². The van der Waals surface area contributed by atoms with Gasteiger partial charge in [-0.25, -0.2) is 4.79 Å². The first kappa shape index (κ1) is 23.9. The summed E-state index contributed by atoms with van der Waals surface area (Å²) in [5.74, 6) is 0.159.